The number of para-hydroxylation sites is 1. The standard InChI is InChI=1S/C21H24N2O6/c1-28-17-9-5-2-6-14(17)10-11-22-18(24)13-29-19(25)12-23-20(26)15-7-3-4-8-16(15)21(23)27/h2-6,9,15-16H,7-8,10-13H2,1H3,(H,22,24)/t15-,16-/m1/s1. The quantitative estimate of drug-likeness (QED) is 0.394. The normalized spacial score (nSPS) is 20.4. The molecule has 29 heavy (non-hydrogen) atoms. The van der Waals surface area contributed by atoms with E-state index in [1.807, 2.05) is 36.4 Å². The lowest BCUT2D eigenvalue weighted by molar-refractivity contribution is -0.154. The van der Waals surface area contributed by atoms with Crippen LogP contribution in [-0.4, -0.2) is 55.4 Å². The monoisotopic (exact) mass is 400 g/mol. The van der Waals surface area contributed by atoms with Gasteiger partial charge in [0.1, 0.15) is 12.3 Å². The second-order valence-corrected chi connectivity index (χ2v) is 6.99. The average molecular weight is 400 g/mol. The highest BCUT2D eigenvalue weighted by atomic mass is 16.5. The lowest BCUT2D eigenvalue weighted by Crippen LogP contribution is -2.38. The zero-order valence-corrected chi connectivity index (χ0v) is 16.3. The minimum Gasteiger partial charge on any atom is -0.496 e. The van der Waals surface area contributed by atoms with Gasteiger partial charge in [0.2, 0.25) is 11.8 Å². The Kier molecular flexibility index (Phi) is 6.64. The van der Waals surface area contributed by atoms with Gasteiger partial charge in [-0.1, -0.05) is 30.4 Å². The van der Waals surface area contributed by atoms with Crippen LogP contribution in [0.25, 0.3) is 0 Å². The number of ether oxygens (including phenoxy) is 2. The predicted molar refractivity (Wildman–Crippen MR) is 103 cm³/mol. The maximum Gasteiger partial charge on any atom is 0.326 e. The SMILES string of the molecule is COc1ccccc1CCNC(=O)COC(=O)CN1C(=O)[C@@H]2CC=CC[C@H]2C1=O. The molecule has 3 rings (SSSR count). The number of amides is 3. The van der Waals surface area contributed by atoms with Crippen molar-refractivity contribution in [3.8, 4) is 5.75 Å². The highest BCUT2D eigenvalue weighted by molar-refractivity contribution is 6.07. The number of methoxy groups -OCH3 is 1. The zero-order valence-electron chi connectivity index (χ0n) is 16.3. The number of esters is 1. The third kappa shape index (κ3) is 4.82. The zero-order chi connectivity index (χ0) is 20.8. The number of likely N-dealkylation sites (tertiary alicyclic amines) is 1. The number of rotatable bonds is 8. The molecule has 154 valence electrons. The molecule has 1 aromatic rings. The summed E-state index contributed by atoms with van der Waals surface area (Å²) in [4.78, 5) is 49.5. The maximum atomic E-state index is 12.3. The van der Waals surface area contributed by atoms with Crippen molar-refractivity contribution in [2.24, 2.45) is 11.8 Å². The fourth-order valence-electron chi connectivity index (χ4n) is 3.64. The molecule has 0 unspecified atom stereocenters. The molecule has 0 spiro atoms. The Morgan fingerprint density at radius 1 is 1.10 bits per heavy atom. The topological polar surface area (TPSA) is 102 Å². The third-order valence-corrected chi connectivity index (χ3v) is 5.16. The molecule has 1 heterocycles. The van der Waals surface area contributed by atoms with Crippen LogP contribution in [0.2, 0.25) is 0 Å². The largest absolute Gasteiger partial charge is 0.496 e. The van der Waals surface area contributed by atoms with Crippen LogP contribution in [0.15, 0.2) is 36.4 Å². The van der Waals surface area contributed by atoms with E-state index in [1.165, 1.54) is 0 Å². The van der Waals surface area contributed by atoms with Crippen molar-refractivity contribution in [1.29, 1.82) is 0 Å². The average Bonchev–Trinajstić information content (AvgIpc) is 2.98. The molecule has 0 bridgehead atoms. The summed E-state index contributed by atoms with van der Waals surface area (Å²) in [5.41, 5.74) is 0.953. The van der Waals surface area contributed by atoms with Crippen LogP contribution in [-0.2, 0) is 30.3 Å². The van der Waals surface area contributed by atoms with Crippen molar-refractivity contribution in [2.75, 3.05) is 26.8 Å². The van der Waals surface area contributed by atoms with Crippen molar-refractivity contribution in [3.63, 3.8) is 0 Å². The molecule has 1 aliphatic carbocycles. The number of carbonyl (C=O) groups excluding carboxylic acids is 4. The number of nitrogens with zero attached hydrogens (tertiary/aromatic N) is 1. The Morgan fingerprint density at radius 3 is 2.41 bits per heavy atom. The Balaban J connectivity index is 1.40. The summed E-state index contributed by atoms with van der Waals surface area (Å²) in [6, 6.07) is 7.49. The summed E-state index contributed by atoms with van der Waals surface area (Å²) in [5.74, 6) is -1.96. The van der Waals surface area contributed by atoms with Gasteiger partial charge >= 0.3 is 5.97 Å². The lowest BCUT2D eigenvalue weighted by Gasteiger charge is -2.14. The van der Waals surface area contributed by atoms with Gasteiger partial charge in [-0.05, 0) is 30.9 Å². The number of benzene rings is 1. The number of nitrogens with one attached hydrogen (secondary N) is 1. The summed E-state index contributed by atoms with van der Waals surface area (Å²) >= 11 is 0. The van der Waals surface area contributed by atoms with Gasteiger partial charge in [0.05, 0.1) is 18.9 Å². The van der Waals surface area contributed by atoms with Crippen LogP contribution in [0.4, 0.5) is 0 Å². The van der Waals surface area contributed by atoms with E-state index in [2.05, 4.69) is 5.32 Å². The van der Waals surface area contributed by atoms with Gasteiger partial charge in [-0.25, -0.2) is 0 Å². The summed E-state index contributed by atoms with van der Waals surface area (Å²) in [6.45, 7) is -0.565. The Labute approximate surface area is 168 Å². The molecular formula is C21H24N2O6. The van der Waals surface area contributed by atoms with Crippen LogP contribution in [0.3, 0.4) is 0 Å². The first-order valence-corrected chi connectivity index (χ1v) is 9.55. The first kappa shape index (κ1) is 20.6. The van der Waals surface area contributed by atoms with Crippen LogP contribution >= 0.6 is 0 Å². The predicted octanol–water partition coefficient (Wildman–Crippen LogP) is 0.848. The van der Waals surface area contributed by atoms with Crippen LogP contribution in [0.5, 0.6) is 5.75 Å². The van der Waals surface area contributed by atoms with Crippen molar-refractivity contribution >= 4 is 23.7 Å². The fraction of sp³-hybridized carbons (Fsp3) is 0.429. The Morgan fingerprint density at radius 2 is 1.76 bits per heavy atom. The molecular weight excluding hydrogens is 376 g/mol. The van der Waals surface area contributed by atoms with Crippen molar-refractivity contribution in [3.05, 3.63) is 42.0 Å². The number of hydrogen-bond donors (Lipinski definition) is 1. The van der Waals surface area contributed by atoms with Gasteiger partial charge < -0.3 is 14.8 Å². The molecule has 1 aliphatic heterocycles. The molecule has 1 saturated heterocycles. The van der Waals surface area contributed by atoms with E-state index >= 15 is 0 Å². The van der Waals surface area contributed by atoms with Gasteiger partial charge in [-0.15, -0.1) is 0 Å². The van der Waals surface area contributed by atoms with Crippen molar-refractivity contribution in [2.45, 2.75) is 19.3 Å². The minimum absolute atomic E-state index is 0.345. The first-order valence-electron chi connectivity index (χ1n) is 9.55. The molecule has 0 saturated carbocycles. The number of carbonyl (C=O) groups is 4. The molecule has 8 nitrogen and oxygen atoms in total. The second kappa shape index (κ2) is 9.36. The minimum atomic E-state index is -0.779. The van der Waals surface area contributed by atoms with Crippen LogP contribution < -0.4 is 10.1 Å². The summed E-state index contributed by atoms with van der Waals surface area (Å²) < 4.78 is 10.2. The number of hydrogen-bond acceptors (Lipinski definition) is 6. The smallest absolute Gasteiger partial charge is 0.326 e. The Bertz CT molecular complexity index is 808. The first-order chi connectivity index (χ1) is 14.0. The summed E-state index contributed by atoms with van der Waals surface area (Å²) in [5, 5.41) is 2.66. The van der Waals surface area contributed by atoms with Crippen LogP contribution in [0.1, 0.15) is 18.4 Å². The van der Waals surface area contributed by atoms with E-state index in [9.17, 15) is 19.2 Å². The van der Waals surface area contributed by atoms with Crippen molar-refractivity contribution in [1.82, 2.24) is 10.2 Å². The van der Waals surface area contributed by atoms with Gasteiger partial charge in [-0.2, -0.15) is 0 Å². The molecule has 2 aliphatic rings. The lowest BCUT2D eigenvalue weighted by atomic mass is 9.85. The summed E-state index contributed by atoms with van der Waals surface area (Å²) in [7, 11) is 1.58. The highest BCUT2D eigenvalue weighted by Gasteiger charge is 2.47. The van der Waals surface area contributed by atoms with E-state index in [1.54, 1.807) is 7.11 Å². The van der Waals surface area contributed by atoms with Gasteiger partial charge in [0.15, 0.2) is 6.61 Å². The molecule has 1 fully saturated rings. The molecule has 8 heteroatoms. The van der Waals surface area contributed by atoms with E-state index in [0.29, 0.717) is 25.8 Å². The fourth-order valence-corrected chi connectivity index (χ4v) is 3.64. The van der Waals surface area contributed by atoms with Crippen molar-refractivity contribution < 1.29 is 28.7 Å². The van der Waals surface area contributed by atoms with Crippen LogP contribution in [0, 0.1) is 11.8 Å². The van der Waals surface area contributed by atoms with E-state index in [-0.39, 0.29) is 11.8 Å². The number of allylic oxidation sites excluding steroid dienone is 2. The molecule has 0 radical (unpaired) electrons. The summed E-state index contributed by atoms with van der Waals surface area (Å²) in [6.07, 6.45) is 5.34. The second-order valence-electron chi connectivity index (χ2n) is 6.99. The number of fused-ring (bicyclic) bond motifs is 1. The van der Waals surface area contributed by atoms with Gasteiger partial charge in [0.25, 0.3) is 5.91 Å². The third-order valence-electron chi connectivity index (χ3n) is 5.16. The van der Waals surface area contributed by atoms with E-state index in [0.717, 1.165) is 16.2 Å². The molecule has 3 amide bonds. The Hall–Kier alpha value is -3.16. The van der Waals surface area contributed by atoms with Gasteiger partial charge in [0, 0.05) is 6.54 Å². The highest BCUT2D eigenvalue weighted by Crippen LogP contribution is 2.34. The molecule has 2 atom stereocenters. The molecule has 1 N–H and O–H groups in total. The molecule has 0 aromatic heterocycles. The number of imide groups is 1. The maximum absolute atomic E-state index is 12.3. The van der Waals surface area contributed by atoms with E-state index in [4.69, 9.17) is 9.47 Å². The van der Waals surface area contributed by atoms with Gasteiger partial charge in [-0.3, -0.25) is 24.1 Å². The molecule has 1 aromatic carbocycles. The van der Waals surface area contributed by atoms with E-state index < -0.39 is 36.9 Å².